The molecule has 7 nitrogen and oxygen atoms in total. The highest BCUT2D eigenvalue weighted by Gasteiger charge is 2.19. The summed E-state index contributed by atoms with van der Waals surface area (Å²) in [6.45, 7) is 4.73. The van der Waals surface area contributed by atoms with Crippen molar-refractivity contribution in [2.75, 3.05) is 36.9 Å². The predicted molar refractivity (Wildman–Crippen MR) is 143 cm³/mol. The van der Waals surface area contributed by atoms with Crippen molar-refractivity contribution in [3.63, 3.8) is 0 Å². The lowest BCUT2D eigenvalue weighted by Gasteiger charge is -2.26. The summed E-state index contributed by atoms with van der Waals surface area (Å²) in [5, 5.41) is 3.45. The second-order valence-electron chi connectivity index (χ2n) is 8.80. The molecular formula is C27H30ClN3O4S. The summed E-state index contributed by atoms with van der Waals surface area (Å²) in [6.07, 6.45) is 1.15. The number of nitrogens with one attached hydrogen (secondary N) is 1. The first kappa shape index (κ1) is 26.2. The standard InChI is InChI=1S/C27H30ClN3O4S/c1-36(33,34)31(20-24-7-2-3-8-26(24)28)25-11-9-23(10-12-25)27(32)29-18-21-5-4-6-22(17-21)19-30-13-15-35-16-14-30/h2-12,17H,13-16,18-20H2,1H3,(H,29,32). The number of hydrogen-bond acceptors (Lipinski definition) is 5. The predicted octanol–water partition coefficient (Wildman–Crippen LogP) is 4.07. The maximum atomic E-state index is 12.8. The van der Waals surface area contributed by atoms with Gasteiger partial charge in [-0.1, -0.05) is 54.1 Å². The second-order valence-corrected chi connectivity index (χ2v) is 11.1. The molecule has 1 aliphatic heterocycles. The SMILES string of the molecule is CS(=O)(=O)N(Cc1ccccc1Cl)c1ccc(C(=O)NCc2cccc(CN3CCOCC3)c2)cc1. The molecule has 1 amide bonds. The monoisotopic (exact) mass is 527 g/mol. The van der Waals surface area contributed by atoms with Crippen LogP contribution in [0.2, 0.25) is 5.02 Å². The number of morpholine rings is 1. The van der Waals surface area contributed by atoms with Crippen molar-refractivity contribution in [3.8, 4) is 0 Å². The van der Waals surface area contributed by atoms with E-state index in [4.69, 9.17) is 16.3 Å². The Morgan fingerprint density at radius 3 is 2.39 bits per heavy atom. The van der Waals surface area contributed by atoms with Crippen LogP contribution < -0.4 is 9.62 Å². The number of benzene rings is 3. The summed E-state index contributed by atoms with van der Waals surface area (Å²) in [6, 6.07) is 21.8. The summed E-state index contributed by atoms with van der Waals surface area (Å²) < 4.78 is 31.6. The summed E-state index contributed by atoms with van der Waals surface area (Å²) in [7, 11) is -3.56. The molecule has 0 unspecified atom stereocenters. The number of nitrogens with zero attached hydrogens (tertiary/aromatic N) is 2. The maximum absolute atomic E-state index is 12.8. The maximum Gasteiger partial charge on any atom is 0.251 e. The van der Waals surface area contributed by atoms with Crippen LogP contribution in [0.4, 0.5) is 5.69 Å². The van der Waals surface area contributed by atoms with E-state index in [1.807, 2.05) is 18.2 Å². The van der Waals surface area contributed by atoms with Crippen LogP contribution in [-0.4, -0.2) is 51.8 Å². The Hall–Kier alpha value is -2.91. The van der Waals surface area contributed by atoms with Gasteiger partial charge in [-0.3, -0.25) is 14.0 Å². The molecule has 0 radical (unpaired) electrons. The van der Waals surface area contributed by atoms with Crippen molar-refractivity contribution in [1.82, 2.24) is 10.2 Å². The van der Waals surface area contributed by atoms with Gasteiger partial charge in [0.15, 0.2) is 0 Å². The van der Waals surface area contributed by atoms with E-state index in [-0.39, 0.29) is 12.5 Å². The van der Waals surface area contributed by atoms with E-state index >= 15 is 0 Å². The van der Waals surface area contributed by atoms with Gasteiger partial charge in [0.05, 0.1) is 31.7 Å². The third-order valence-electron chi connectivity index (χ3n) is 6.04. The number of carbonyl (C=O) groups excluding carboxylic acids is 1. The molecule has 3 aromatic rings. The lowest BCUT2D eigenvalue weighted by Crippen LogP contribution is -2.35. The zero-order valence-electron chi connectivity index (χ0n) is 20.2. The van der Waals surface area contributed by atoms with E-state index < -0.39 is 10.0 Å². The Balaban J connectivity index is 1.39. The summed E-state index contributed by atoms with van der Waals surface area (Å²) >= 11 is 6.23. The molecule has 9 heteroatoms. The Bertz CT molecular complexity index is 1290. The minimum Gasteiger partial charge on any atom is -0.379 e. The zero-order valence-corrected chi connectivity index (χ0v) is 21.8. The molecule has 1 fully saturated rings. The highest BCUT2D eigenvalue weighted by atomic mass is 35.5. The molecule has 0 saturated carbocycles. The van der Waals surface area contributed by atoms with Crippen molar-refractivity contribution in [2.45, 2.75) is 19.6 Å². The van der Waals surface area contributed by atoms with Crippen LogP contribution in [0.25, 0.3) is 0 Å². The molecule has 36 heavy (non-hydrogen) atoms. The Morgan fingerprint density at radius 1 is 1.00 bits per heavy atom. The normalized spacial score (nSPS) is 14.4. The fourth-order valence-electron chi connectivity index (χ4n) is 4.10. The number of anilines is 1. The van der Waals surface area contributed by atoms with E-state index in [0.717, 1.165) is 44.7 Å². The molecule has 0 aliphatic carbocycles. The van der Waals surface area contributed by atoms with Crippen LogP contribution in [0, 0.1) is 0 Å². The largest absolute Gasteiger partial charge is 0.379 e. The number of carbonyl (C=O) groups is 1. The number of amides is 1. The number of rotatable bonds is 9. The fourth-order valence-corrected chi connectivity index (χ4v) is 5.17. The van der Waals surface area contributed by atoms with Gasteiger partial charge in [-0.15, -0.1) is 0 Å². The molecule has 0 bridgehead atoms. The molecule has 0 atom stereocenters. The fraction of sp³-hybridized carbons (Fsp3) is 0.296. The number of halogens is 1. The topological polar surface area (TPSA) is 79.0 Å². The Labute approximate surface area is 217 Å². The minimum absolute atomic E-state index is 0.102. The molecule has 4 rings (SSSR count). The van der Waals surface area contributed by atoms with Crippen LogP contribution in [-0.2, 0) is 34.4 Å². The average Bonchev–Trinajstić information content (AvgIpc) is 2.87. The van der Waals surface area contributed by atoms with Gasteiger partial charge < -0.3 is 10.1 Å². The highest BCUT2D eigenvalue weighted by Crippen LogP contribution is 2.24. The van der Waals surface area contributed by atoms with Crippen molar-refractivity contribution >= 4 is 33.2 Å². The van der Waals surface area contributed by atoms with E-state index in [9.17, 15) is 13.2 Å². The van der Waals surface area contributed by atoms with Gasteiger partial charge in [0.25, 0.3) is 5.91 Å². The van der Waals surface area contributed by atoms with Gasteiger partial charge in [-0.05, 0) is 47.0 Å². The molecule has 1 aliphatic rings. The highest BCUT2D eigenvalue weighted by molar-refractivity contribution is 7.92. The van der Waals surface area contributed by atoms with Crippen LogP contribution in [0.15, 0.2) is 72.8 Å². The molecule has 3 aromatic carbocycles. The van der Waals surface area contributed by atoms with Gasteiger partial charge in [0, 0.05) is 36.8 Å². The van der Waals surface area contributed by atoms with E-state index in [1.54, 1.807) is 42.5 Å². The molecular weight excluding hydrogens is 498 g/mol. The van der Waals surface area contributed by atoms with Gasteiger partial charge in [-0.2, -0.15) is 0 Å². The second kappa shape index (κ2) is 11.9. The van der Waals surface area contributed by atoms with E-state index in [0.29, 0.717) is 28.4 Å². The van der Waals surface area contributed by atoms with Crippen molar-refractivity contribution in [3.05, 3.63) is 100 Å². The van der Waals surface area contributed by atoms with Gasteiger partial charge in [0.1, 0.15) is 0 Å². The van der Waals surface area contributed by atoms with E-state index in [2.05, 4.69) is 22.3 Å². The number of hydrogen-bond donors (Lipinski definition) is 1. The Kier molecular flexibility index (Phi) is 8.64. The zero-order chi connectivity index (χ0) is 25.5. The summed E-state index contributed by atoms with van der Waals surface area (Å²) in [5.41, 5.74) is 3.84. The van der Waals surface area contributed by atoms with Crippen molar-refractivity contribution < 1.29 is 17.9 Å². The molecule has 1 N–H and O–H groups in total. The molecule has 0 aromatic heterocycles. The average molecular weight is 528 g/mol. The van der Waals surface area contributed by atoms with Crippen LogP contribution >= 0.6 is 11.6 Å². The first-order chi connectivity index (χ1) is 17.3. The van der Waals surface area contributed by atoms with Crippen LogP contribution in [0.3, 0.4) is 0 Å². The van der Waals surface area contributed by atoms with Gasteiger partial charge >= 0.3 is 0 Å². The van der Waals surface area contributed by atoms with Crippen LogP contribution in [0.1, 0.15) is 27.0 Å². The third kappa shape index (κ3) is 7.07. The van der Waals surface area contributed by atoms with Crippen LogP contribution in [0.5, 0.6) is 0 Å². The first-order valence-corrected chi connectivity index (χ1v) is 14.0. The smallest absolute Gasteiger partial charge is 0.251 e. The molecule has 1 heterocycles. The Morgan fingerprint density at radius 2 is 1.69 bits per heavy atom. The molecule has 1 saturated heterocycles. The van der Waals surface area contributed by atoms with Crippen molar-refractivity contribution in [1.29, 1.82) is 0 Å². The number of ether oxygens (including phenoxy) is 1. The lowest BCUT2D eigenvalue weighted by atomic mass is 10.1. The molecule has 190 valence electrons. The van der Waals surface area contributed by atoms with Crippen molar-refractivity contribution in [2.24, 2.45) is 0 Å². The summed E-state index contributed by atoms with van der Waals surface area (Å²) in [4.78, 5) is 15.1. The first-order valence-electron chi connectivity index (χ1n) is 11.8. The van der Waals surface area contributed by atoms with Gasteiger partial charge in [-0.25, -0.2) is 8.42 Å². The summed E-state index contributed by atoms with van der Waals surface area (Å²) in [5.74, 6) is -0.225. The lowest BCUT2D eigenvalue weighted by molar-refractivity contribution is 0.0342. The molecule has 0 spiro atoms. The number of sulfonamides is 1. The third-order valence-corrected chi connectivity index (χ3v) is 7.55. The minimum atomic E-state index is -3.56. The van der Waals surface area contributed by atoms with E-state index in [1.165, 1.54) is 9.87 Å². The quantitative estimate of drug-likeness (QED) is 0.454. The van der Waals surface area contributed by atoms with Gasteiger partial charge in [0.2, 0.25) is 10.0 Å².